The Morgan fingerprint density at radius 2 is 2.20 bits per heavy atom. The molecule has 3 rings (SSSR count). The van der Waals surface area contributed by atoms with Gasteiger partial charge in [-0.25, -0.2) is 9.78 Å². The predicted octanol–water partition coefficient (Wildman–Crippen LogP) is 1.95. The molecule has 102 valence electrons. The molecule has 6 heteroatoms. The van der Waals surface area contributed by atoms with Gasteiger partial charge in [0.1, 0.15) is 5.69 Å². The van der Waals surface area contributed by atoms with E-state index in [2.05, 4.69) is 4.98 Å². The number of carboxylic acids is 1. The second-order valence-corrected chi connectivity index (χ2v) is 4.63. The second kappa shape index (κ2) is 4.48. The van der Waals surface area contributed by atoms with Crippen molar-refractivity contribution in [2.75, 3.05) is 11.9 Å². The number of rotatable bonds is 2. The summed E-state index contributed by atoms with van der Waals surface area (Å²) in [6.07, 6.45) is 2.22. The van der Waals surface area contributed by atoms with E-state index in [1.807, 2.05) is 12.1 Å². The predicted molar refractivity (Wildman–Crippen MR) is 70.6 cm³/mol. The molecule has 6 nitrogen and oxygen atoms in total. The molecule has 0 aliphatic carbocycles. The third-order valence-corrected chi connectivity index (χ3v) is 3.46. The van der Waals surface area contributed by atoms with Crippen molar-refractivity contribution in [3.63, 3.8) is 0 Å². The van der Waals surface area contributed by atoms with Crippen LogP contribution in [-0.4, -0.2) is 29.0 Å². The monoisotopic (exact) mass is 272 g/mol. The summed E-state index contributed by atoms with van der Waals surface area (Å²) >= 11 is 0. The van der Waals surface area contributed by atoms with E-state index in [4.69, 9.17) is 9.52 Å². The summed E-state index contributed by atoms with van der Waals surface area (Å²) in [5.74, 6) is -1.24. The summed E-state index contributed by atoms with van der Waals surface area (Å²) < 4.78 is 4.89. The Morgan fingerprint density at radius 3 is 2.95 bits per heavy atom. The Bertz CT molecular complexity index is 705. The molecule has 0 bridgehead atoms. The lowest BCUT2D eigenvalue weighted by atomic mass is 9.97. The molecule has 0 saturated heterocycles. The van der Waals surface area contributed by atoms with Gasteiger partial charge in [0.15, 0.2) is 6.39 Å². The van der Waals surface area contributed by atoms with Crippen LogP contribution in [0.25, 0.3) is 11.3 Å². The molecule has 0 saturated carbocycles. The number of benzene rings is 1. The Kier molecular flexibility index (Phi) is 2.78. The van der Waals surface area contributed by atoms with Crippen LogP contribution in [0.1, 0.15) is 22.5 Å². The highest BCUT2D eigenvalue weighted by molar-refractivity contribution is 5.97. The smallest absolute Gasteiger partial charge is 0.374 e. The van der Waals surface area contributed by atoms with Crippen LogP contribution in [0, 0.1) is 0 Å². The van der Waals surface area contributed by atoms with E-state index >= 15 is 0 Å². The van der Waals surface area contributed by atoms with Crippen LogP contribution in [0.5, 0.6) is 0 Å². The minimum atomic E-state index is -1.15. The first-order chi connectivity index (χ1) is 9.58. The summed E-state index contributed by atoms with van der Waals surface area (Å²) in [6, 6.07) is 5.42. The van der Waals surface area contributed by atoms with Gasteiger partial charge in [-0.3, -0.25) is 4.79 Å². The van der Waals surface area contributed by atoms with E-state index in [-0.39, 0.29) is 11.7 Å². The minimum Gasteiger partial charge on any atom is -0.475 e. The van der Waals surface area contributed by atoms with Crippen molar-refractivity contribution < 1.29 is 19.1 Å². The number of carbonyl (C=O) groups excluding carboxylic acids is 1. The number of fused-ring (bicyclic) bond motifs is 1. The largest absolute Gasteiger partial charge is 0.475 e. The van der Waals surface area contributed by atoms with Crippen molar-refractivity contribution in [3.05, 3.63) is 35.9 Å². The third-order valence-electron chi connectivity index (χ3n) is 3.46. The maximum absolute atomic E-state index is 11.6. The third kappa shape index (κ3) is 1.85. The van der Waals surface area contributed by atoms with Crippen molar-refractivity contribution in [3.8, 4) is 11.3 Å². The summed E-state index contributed by atoms with van der Waals surface area (Å²) in [7, 11) is 1.73. The molecule has 2 heterocycles. The average Bonchev–Trinajstić information content (AvgIpc) is 2.92. The standard InChI is InChI=1S/C14H12N2O4/c1-16-10-4-2-9(6-8(10)3-5-11(16)17)12-13(14(18)19)20-7-15-12/h2,4,6-7H,3,5H2,1H3,(H,18,19). The maximum Gasteiger partial charge on any atom is 0.374 e. The quantitative estimate of drug-likeness (QED) is 0.903. The molecule has 1 aliphatic rings. The molecule has 1 aromatic carbocycles. The molecule has 1 aliphatic heterocycles. The highest BCUT2D eigenvalue weighted by Crippen LogP contribution is 2.32. The zero-order valence-electron chi connectivity index (χ0n) is 10.8. The Morgan fingerprint density at radius 1 is 1.40 bits per heavy atom. The molecular weight excluding hydrogens is 260 g/mol. The number of nitrogens with zero attached hydrogens (tertiary/aromatic N) is 2. The number of aromatic carboxylic acids is 1. The molecular formula is C14H12N2O4. The summed E-state index contributed by atoms with van der Waals surface area (Å²) in [6.45, 7) is 0. The molecule has 0 fully saturated rings. The molecule has 1 aromatic heterocycles. The summed E-state index contributed by atoms with van der Waals surface area (Å²) in [5.41, 5.74) is 2.84. The molecule has 1 amide bonds. The lowest BCUT2D eigenvalue weighted by Gasteiger charge is -2.26. The van der Waals surface area contributed by atoms with E-state index < -0.39 is 5.97 Å². The zero-order valence-corrected chi connectivity index (χ0v) is 10.8. The van der Waals surface area contributed by atoms with Crippen molar-refractivity contribution in [2.24, 2.45) is 0 Å². The minimum absolute atomic E-state index is 0.0814. The second-order valence-electron chi connectivity index (χ2n) is 4.63. The molecule has 20 heavy (non-hydrogen) atoms. The summed E-state index contributed by atoms with van der Waals surface area (Å²) in [4.78, 5) is 28.3. The maximum atomic E-state index is 11.6. The average molecular weight is 272 g/mol. The summed E-state index contributed by atoms with van der Waals surface area (Å²) in [5, 5.41) is 9.04. The highest BCUT2D eigenvalue weighted by Gasteiger charge is 2.23. The number of aryl methyl sites for hydroxylation is 1. The first-order valence-corrected chi connectivity index (χ1v) is 6.14. The van der Waals surface area contributed by atoms with E-state index in [1.54, 1.807) is 18.0 Å². The van der Waals surface area contributed by atoms with E-state index in [0.29, 0.717) is 24.1 Å². The Labute approximate surface area is 114 Å². The van der Waals surface area contributed by atoms with E-state index in [9.17, 15) is 9.59 Å². The number of aromatic nitrogens is 1. The van der Waals surface area contributed by atoms with Crippen molar-refractivity contribution >= 4 is 17.6 Å². The number of hydrogen-bond acceptors (Lipinski definition) is 4. The van der Waals surface area contributed by atoms with Gasteiger partial charge in [-0.15, -0.1) is 0 Å². The van der Waals surface area contributed by atoms with Crippen LogP contribution < -0.4 is 4.90 Å². The molecule has 0 radical (unpaired) electrons. The van der Waals surface area contributed by atoms with Crippen LogP contribution in [0.2, 0.25) is 0 Å². The van der Waals surface area contributed by atoms with Gasteiger partial charge in [-0.1, -0.05) is 6.07 Å². The van der Waals surface area contributed by atoms with Gasteiger partial charge in [0, 0.05) is 24.7 Å². The van der Waals surface area contributed by atoms with E-state index in [1.165, 1.54) is 0 Å². The number of anilines is 1. The van der Waals surface area contributed by atoms with Gasteiger partial charge in [-0.05, 0) is 24.1 Å². The van der Waals surface area contributed by atoms with Crippen LogP contribution in [0.15, 0.2) is 29.0 Å². The van der Waals surface area contributed by atoms with Gasteiger partial charge in [0.25, 0.3) is 0 Å². The number of amides is 1. The Hall–Kier alpha value is -2.63. The highest BCUT2D eigenvalue weighted by atomic mass is 16.4. The fourth-order valence-electron chi connectivity index (χ4n) is 2.41. The Balaban J connectivity index is 2.07. The van der Waals surface area contributed by atoms with Crippen molar-refractivity contribution in [2.45, 2.75) is 12.8 Å². The van der Waals surface area contributed by atoms with Crippen molar-refractivity contribution in [1.82, 2.24) is 4.98 Å². The molecule has 0 atom stereocenters. The molecule has 1 N–H and O–H groups in total. The van der Waals surface area contributed by atoms with Gasteiger partial charge in [-0.2, -0.15) is 0 Å². The van der Waals surface area contributed by atoms with Crippen LogP contribution in [0.3, 0.4) is 0 Å². The van der Waals surface area contributed by atoms with Crippen LogP contribution in [-0.2, 0) is 11.2 Å². The van der Waals surface area contributed by atoms with Gasteiger partial charge in [0.2, 0.25) is 11.7 Å². The number of oxazole rings is 1. The first-order valence-electron chi connectivity index (χ1n) is 6.14. The molecule has 2 aromatic rings. The van der Waals surface area contributed by atoms with Crippen LogP contribution in [0.4, 0.5) is 5.69 Å². The van der Waals surface area contributed by atoms with Gasteiger partial charge < -0.3 is 14.4 Å². The molecule has 0 spiro atoms. The fourth-order valence-corrected chi connectivity index (χ4v) is 2.41. The number of carbonyl (C=O) groups is 2. The molecule has 0 unspecified atom stereocenters. The number of hydrogen-bond donors (Lipinski definition) is 1. The zero-order chi connectivity index (χ0) is 14.3. The lowest BCUT2D eigenvalue weighted by molar-refractivity contribution is -0.118. The van der Waals surface area contributed by atoms with E-state index in [0.717, 1.165) is 17.6 Å². The topological polar surface area (TPSA) is 83.6 Å². The number of carboxylic acid groups (broad SMARTS) is 1. The SMILES string of the molecule is CN1C(=O)CCc2cc(-c3ncoc3C(=O)O)ccc21. The van der Waals surface area contributed by atoms with Crippen molar-refractivity contribution in [1.29, 1.82) is 0 Å². The fraction of sp³-hybridized carbons (Fsp3) is 0.214. The first kappa shape index (κ1) is 12.4. The van der Waals surface area contributed by atoms with Gasteiger partial charge >= 0.3 is 5.97 Å². The lowest BCUT2D eigenvalue weighted by Crippen LogP contribution is -2.30. The van der Waals surface area contributed by atoms with Gasteiger partial charge in [0.05, 0.1) is 0 Å². The normalized spacial score (nSPS) is 14.2. The van der Waals surface area contributed by atoms with Crippen LogP contribution >= 0.6 is 0 Å².